The first-order valence-corrected chi connectivity index (χ1v) is 4.87. The maximum absolute atomic E-state index is 9.82. The van der Waals surface area contributed by atoms with Crippen LogP contribution in [0.4, 0.5) is 0 Å². The Hall–Kier alpha value is -1.06. The van der Waals surface area contributed by atoms with E-state index in [1.165, 1.54) is 0 Å². The highest BCUT2D eigenvalue weighted by Gasteiger charge is 2.12. The minimum absolute atomic E-state index is 0.0387. The van der Waals surface area contributed by atoms with E-state index in [-0.39, 0.29) is 18.4 Å². The van der Waals surface area contributed by atoms with E-state index >= 15 is 0 Å². The molecule has 0 radical (unpaired) electrons. The molecule has 0 aliphatic heterocycles. The summed E-state index contributed by atoms with van der Waals surface area (Å²) in [6.07, 6.45) is 1.26. The van der Waals surface area contributed by atoms with Crippen LogP contribution in [0.2, 0.25) is 0 Å². The zero-order valence-electron chi connectivity index (χ0n) is 8.40. The topological polar surface area (TPSA) is 66.5 Å². The van der Waals surface area contributed by atoms with Crippen LogP contribution in [0.25, 0.3) is 0 Å². The lowest BCUT2D eigenvalue weighted by Crippen LogP contribution is -2.12. The van der Waals surface area contributed by atoms with Crippen LogP contribution in [0.3, 0.4) is 0 Å². The normalized spacial score (nSPS) is 12.8. The van der Waals surface area contributed by atoms with Crippen LogP contribution in [0.1, 0.15) is 30.5 Å². The highest BCUT2D eigenvalue weighted by atomic mass is 16.3. The zero-order chi connectivity index (χ0) is 10.6. The average Bonchev–Trinajstić information content (AvgIpc) is 2.18. The van der Waals surface area contributed by atoms with E-state index in [4.69, 9.17) is 10.8 Å². The second-order valence-electron chi connectivity index (χ2n) is 3.33. The second kappa shape index (κ2) is 4.98. The van der Waals surface area contributed by atoms with Crippen molar-refractivity contribution < 1.29 is 10.2 Å². The predicted octanol–water partition coefficient (Wildman–Crippen LogP) is 1.34. The summed E-state index contributed by atoms with van der Waals surface area (Å²) in [7, 11) is 0. The summed E-state index contributed by atoms with van der Waals surface area (Å²) in [6.45, 7) is 2.02. The molecule has 1 atom stereocenters. The molecule has 1 aromatic carbocycles. The van der Waals surface area contributed by atoms with Gasteiger partial charge in [-0.05, 0) is 18.4 Å². The Balaban J connectivity index is 2.96. The van der Waals surface area contributed by atoms with Crippen LogP contribution in [0.5, 0.6) is 5.75 Å². The Morgan fingerprint density at radius 3 is 2.71 bits per heavy atom. The molecule has 0 spiro atoms. The number of aryl methyl sites for hydroxylation is 1. The molecule has 78 valence electrons. The van der Waals surface area contributed by atoms with E-state index in [1.807, 2.05) is 19.1 Å². The number of benzene rings is 1. The number of para-hydroxylation sites is 1. The Morgan fingerprint density at radius 2 is 2.14 bits per heavy atom. The molecule has 0 saturated carbocycles. The number of phenols is 1. The van der Waals surface area contributed by atoms with E-state index in [0.717, 1.165) is 17.5 Å². The number of aliphatic hydroxyl groups is 1. The fraction of sp³-hybridized carbons (Fsp3) is 0.455. The molecule has 0 heterocycles. The van der Waals surface area contributed by atoms with Gasteiger partial charge >= 0.3 is 0 Å². The summed E-state index contributed by atoms with van der Waals surface area (Å²) < 4.78 is 0. The van der Waals surface area contributed by atoms with Gasteiger partial charge in [-0.2, -0.15) is 0 Å². The first-order chi connectivity index (χ1) is 6.70. The molecule has 3 heteroatoms. The van der Waals surface area contributed by atoms with E-state index in [0.29, 0.717) is 6.42 Å². The largest absolute Gasteiger partial charge is 0.507 e. The quantitative estimate of drug-likeness (QED) is 0.679. The maximum Gasteiger partial charge on any atom is 0.123 e. The van der Waals surface area contributed by atoms with Gasteiger partial charge in [-0.25, -0.2) is 0 Å². The number of nitrogens with two attached hydrogens (primary N) is 1. The molecule has 4 N–H and O–H groups in total. The summed E-state index contributed by atoms with van der Waals surface area (Å²) in [4.78, 5) is 0. The fourth-order valence-electron chi connectivity index (χ4n) is 1.49. The molecule has 0 amide bonds. The molecular weight excluding hydrogens is 178 g/mol. The van der Waals surface area contributed by atoms with Crippen LogP contribution in [0.15, 0.2) is 18.2 Å². The van der Waals surface area contributed by atoms with Crippen molar-refractivity contribution in [3.05, 3.63) is 29.3 Å². The number of aliphatic hydroxyl groups excluding tert-OH is 1. The van der Waals surface area contributed by atoms with Crippen molar-refractivity contribution in [1.29, 1.82) is 0 Å². The number of hydrogen-bond acceptors (Lipinski definition) is 3. The second-order valence-corrected chi connectivity index (χ2v) is 3.33. The van der Waals surface area contributed by atoms with Crippen LogP contribution in [-0.2, 0) is 6.42 Å². The fourth-order valence-corrected chi connectivity index (χ4v) is 1.49. The SMILES string of the molecule is CCc1cccc(C(N)CCO)c1O. The molecule has 0 aliphatic rings. The van der Waals surface area contributed by atoms with Gasteiger partial charge in [0.2, 0.25) is 0 Å². The molecule has 0 saturated heterocycles. The van der Waals surface area contributed by atoms with Crippen molar-refractivity contribution in [2.45, 2.75) is 25.8 Å². The molecular formula is C11H17NO2. The van der Waals surface area contributed by atoms with Crippen LogP contribution in [-0.4, -0.2) is 16.8 Å². The van der Waals surface area contributed by atoms with Crippen LogP contribution < -0.4 is 5.73 Å². The van der Waals surface area contributed by atoms with Gasteiger partial charge in [-0.3, -0.25) is 0 Å². The van der Waals surface area contributed by atoms with Gasteiger partial charge in [0.05, 0.1) is 0 Å². The maximum atomic E-state index is 9.82. The molecule has 0 aromatic heterocycles. The van der Waals surface area contributed by atoms with E-state index < -0.39 is 0 Å². The van der Waals surface area contributed by atoms with E-state index in [2.05, 4.69) is 0 Å². The van der Waals surface area contributed by atoms with Crippen molar-refractivity contribution in [2.75, 3.05) is 6.61 Å². The van der Waals surface area contributed by atoms with Gasteiger partial charge in [-0.1, -0.05) is 25.1 Å². The zero-order valence-corrected chi connectivity index (χ0v) is 8.40. The van der Waals surface area contributed by atoms with Crippen molar-refractivity contribution in [1.82, 2.24) is 0 Å². The molecule has 0 aliphatic carbocycles. The van der Waals surface area contributed by atoms with Gasteiger partial charge in [0.1, 0.15) is 5.75 Å². The van der Waals surface area contributed by atoms with Gasteiger partial charge in [0, 0.05) is 18.2 Å². The van der Waals surface area contributed by atoms with Gasteiger partial charge in [0.25, 0.3) is 0 Å². The predicted molar refractivity (Wildman–Crippen MR) is 56.1 cm³/mol. The van der Waals surface area contributed by atoms with Crippen molar-refractivity contribution in [3.63, 3.8) is 0 Å². The summed E-state index contributed by atoms with van der Waals surface area (Å²) in [5.74, 6) is 0.274. The monoisotopic (exact) mass is 195 g/mol. The third-order valence-electron chi connectivity index (χ3n) is 2.37. The third-order valence-corrected chi connectivity index (χ3v) is 2.37. The van der Waals surface area contributed by atoms with Gasteiger partial charge < -0.3 is 15.9 Å². The summed E-state index contributed by atoms with van der Waals surface area (Å²) >= 11 is 0. The molecule has 0 fully saturated rings. The number of phenolic OH excluding ortho intramolecular Hbond substituents is 1. The summed E-state index contributed by atoms with van der Waals surface area (Å²) in [5.41, 5.74) is 7.43. The number of aromatic hydroxyl groups is 1. The Kier molecular flexibility index (Phi) is 3.92. The van der Waals surface area contributed by atoms with Crippen LogP contribution >= 0.6 is 0 Å². The van der Waals surface area contributed by atoms with E-state index in [1.54, 1.807) is 6.07 Å². The molecule has 1 unspecified atom stereocenters. The summed E-state index contributed by atoms with van der Waals surface area (Å²) in [6, 6.07) is 5.27. The van der Waals surface area contributed by atoms with Crippen LogP contribution in [0, 0.1) is 0 Å². The standard InChI is InChI=1S/C11H17NO2/c1-2-8-4-3-5-9(11(8)14)10(12)6-7-13/h3-5,10,13-14H,2,6-7,12H2,1H3. The van der Waals surface area contributed by atoms with Gasteiger partial charge in [-0.15, -0.1) is 0 Å². The third kappa shape index (κ3) is 2.25. The minimum atomic E-state index is -0.286. The van der Waals surface area contributed by atoms with Crippen molar-refractivity contribution in [2.24, 2.45) is 5.73 Å². The van der Waals surface area contributed by atoms with Gasteiger partial charge in [0.15, 0.2) is 0 Å². The van der Waals surface area contributed by atoms with E-state index in [9.17, 15) is 5.11 Å². The average molecular weight is 195 g/mol. The molecule has 3 nitrogen and oxygen atoms in total. The molecule has 1 aromatic rings. The lowest BCUT2D eigenvalue weighted by atomic mass is 9.99. The molecule has 14 heavy (non-hydrogen) atoms. The minimum Gasteiger partial charge on any atom is -0.507 e. The molecule has 0 bridgehead atoms. The Labute approximate surface area is 84.2 Å². The molecule has 1 rings (SSSR count). The number of hydrogen-bond donors (Lipinski definition) is 3. The highest BCUT2D eigenvalue weighted by Crippen LogP contribution is 2.28. The lowest BCUT2D eigenvalue weighted by molar-refractivity contribution is 0.275. The lowest BCUT2D eigenvalue weighted by Gasteiger charge is -2.14. The number of rotatable bonds is 4. The Morgan fingerprint density at radius 1 is 1.43 bits per heavy atom. The summed E-state index contributed by atoms with van der Waals surface area (Å²) in [5, 5.41) is 18.6. The smallest absolute Gasteiger partial charge is 0.123 e. The van der Waals surface area contributed by atoms with Crippen molar-refractivity contribution in [3.8, 4) is 5.75 Å². The highest BCUT2D eigenvalue weighted by molar-refractivity contribution is 5.42. The first-order valence-electron chi connectivity index (χ1n) is 4.87. The Bertz CT molecular complexity index is 299. The van der Waals surface area contributed by atoms with Crippen molar-refractivity contribution >= 4 is 0 Å². The first kappa shape index (κ1) is 11.0.